The van der Waals surface area contributed by atoms with Gasteiger partial charge >= 0.3 is 0 Å². The molecule has 0 aliphatic carbocycles. The van der Waals surface area contributed by atoms with Crippen LogP contribution in [-0.4, -0.2) is 84.1 Å². The molecule has 0 amide bonds. The normalized spacial score (nSPS) is 11.5. The summed E-state index contributed by atoms with van der Waals surface area (Å²) in [6.45, 7) is 20.2. The Bertz CT molecular complexity index is 2300. The van der Waals surface area contributed by atoms with Crippen LogP contribution in [0.3, 0.4) is 0 Å². The Kier molecular flexibility index (Phi) is 53.8. The highest BCUT2D eigenvalue weighted by atomic mass is 15.3. The fourth-order valence-electron chi connectivity index (χ4n) is 14.1. The SMILES string of the molecule is CCCCCCCCCCCCN(Cc1cc(CN(CCCCCCCCCCCC)c2nc(N)nc(NCCCCCCCCCC)n2)cc(CN(CCCCCCCCCCCC)c2nc(N)nc(NCCCCCCCCCC)n2)c1)c1nc(N)nc(NCCCCCCCCCC)n1. The molecule has 582 valence electrons. The van der Waals surface area contributed by atoms with Crippen LogP contribution in [0.15, 0.2) is 18.2 Å². The maximum Gasteiger partial charge on any atom is 0.232 e. The quantitative estimate of drug-likeness (QED) is 0.0225. The standard InChI is InChI=1S/C84H156N18/c1-7-13-19-25-31-37-40-46-52-58-64-100(82-94-76(85)91-79(97-82)88-61-55-49-43-34-28-22-16-10-4)70-73-67-74(71-101(65-59-53-47-41-38-32-26-20-14-8-2)83-95-77(86)92-80(98-83)89-62-56-50-44-35-29-23-17-11-5)69-75(68-73)72-102(66-60-54-48-42-39-33-27-21-15-9-3)84-96-78(87)93-81(99-84)90-63-57-51-45-36-30-24-18-12-6/h67-69H,7-66,70-72H2,1-6H3,(H3,85,88,91,94,97)(H3,86,89,92,95,98)(H3,87,90,93,96,99). The Labute approximate surface area is 625 Å². The zero-order valence-corrected chi connectivity index (χ0v) is 66.9. The van der Waals surface area contributed by atoms with Gasteiger partial charge in [-0.3, -0.25) is 0 Å². The van der Waals surface area contributed by atoms with E-state index in [0.717, 1.165) is 114 Å². The van der Waals surface area contributed by atoms with Crippen molar-refractivity contribution in [3.63, 3.8) is 0 Å². The van der Waals surface area contributed by atoms with E-state index >= 15 is 0 Å². The van der Waals surface area contributed by atoms with E-state index in [1.165, 1.54) is 289 Å². The third-order valence-corrected chi connectivity index (χ3v) is 20.3. The molecule has 0 atom stereocenters. The van der Waals surface area contributed by atoms with Crippen molar-refractivity contribution in [3.8, 4) is 0 Å². The summed E-state index contributed by atoms with van der Waals surface area (Å²) in [6, 6.07) is 7.16. The number of nitrogens with zero attached hydrogens (tertiary/aromatic N) is 12. The summed E-state index contributed by atoms with van der Waals surface area (Å²) in [4.78, 5) is 51.4. The first-order chi connectivity index (χ1) is 50.2. The topological polar surface area (TPSA) is 240 Å². The summed E-state index contributed by atoms with van der Waals surface area (Å²) in [5, 5.41) is 10.7. The Morgan fingerprint density at radius 2 is 0.402 bits per heavy atom. The van der Waals surface area contributed by atoms with Crippen molar-refractivity contribution in [1.82, 2.24) is 44.9 Å². The number of rotatable bonds is 72. The molecular formula is C84H156N18. The van der Waals surface area contributed by atoms with E-state index in [1.54, 1.807) is 0 Å². The van der Waals surface area contributed by atoms with E-state index in [1.807, 2.05) is 0 Å². The van der Waals surface area contributed by atoms with Gasteiger partial charge in [0.25, 0.3) is 0 Å². The number of unbranched alkanes of at least 4 members (excludes halogenated alkanes) is 48. The average Bonchev–Trinajstić information content (AvgIpc) is 0.564. The van der Waals surface area contributed by atoms with Crippen LogP contribution in [0.5, 0.6) is 0 Å². The molecule has 0 saturated heterocycles. The molecule has 0 fully saturated rings. The molecule has 9 N–H and O–H groups in total. The third kappa shape index (κ3) is 45.0. The lowest BCUT2D eigenvalue weighted by Gasteiger charge is -2.27. The highest BCUT2D eigenvalue weighted by molar-refractivity contribution is 5.47. The highest BCUT2D eigenvalue weighted by Crippen LogP contribution is 2.27. The summed E-state index contributed by atoms with van der Waals surface area (Å²) in [5.41, 5.74) is 23.5. The molecule has 0 unspecified atom stereocenters. The maximum atomic E-state index is 6.69. The largest absolute Gasteiger partial charge is 0.368 e. The van der Waals surface area contributed by atoms with Crippen molar-refractivity contribution < 1.29 is 0 Å². The Morgan fingerprint density at radius 1 is 0.225 bits per heavy atom. The summed E-state index contributed by atoms with van der Waals surface area (Å²) < 4.78 is 0. The van der Waals surface area contributed by atoms with Crippen LogP contribution < -0.4 is 47.9 Å². The Hall–Kier alpha value is -5.55. The first kappa shape index (κ1) is 88.8. The third-order valence-electron chi connectivity index (χ3n) is 20.3. The summed E-state index contributed by atoms with van der Waals surface area (Å²) in [6.07, 6.45) is 67.8. The molecular weight excluding hydrogens is 1260 g/mol. The summed E-state index contributed by atoms with van der Waals surface area (Å²) >= 11 is 0. The van der Waals surface area contributed by atoms with Gasteiger partial charge in [-0.1, -0.05) is 368 Å². The van der Waals surface area contributed by atoms with Crippen LogP contribution in [0.25, 0.3) is 0 Å². The number of nitrogens with two attached hydrogens (primary N) is 3. The molecule has 102 heavy (non-hydrogen) atoms. The van der Waals surface area contributed by atoms with Crippen molar-refractivity contribution in [2.75, 3.05) is 87.1 Å². The molecule has 0 aliphatic heterocycles. The van der Waals surface area contributed by atoms with Crippen LogP contribution in [0.1, 0.15) is 405 Å². The lowest BCUT2D eigenvalue weighted by molar-refractivity contribution is 0.551. The fourth-order valence-corrected chi connectivity index (χ4v) is 14.1. The predicted octanol–water partition coefficient (Wildman–Crippen LogP) is 23.4. The molecule has 0 bridgehead atoms. The van der Waals surface area contributed by atoms with Crippen LogP contribution in [0.2, 0.25) is 0 Å². The number of nitrogen functional groups attached to an aromatic ring is 3. The zero-order chi connectivity index (χ0) is 72.8. The molecule has 0 radical (unpaired) electrons. The zero-order valence-electron chi connectivity index (χ0n) is 66.9. The molecule has 18 heteroatoms. The van der Waals surface area contributed by atoms with Gasteiger partial charge in [0, 0.05) is 58.9 Å². The van der Waals surface area contributed by atoms with E-state index in [9.17, 15) is 0 Å². The molecule has 4 aromatic rings. The first-order valence-electron chi connectivity index (χ1n) is 43.3. The number of nitrogens with one attached hydrogen (secondary N) is 3. The lowest BCUT2D eigenvalue weighted by Crippen LogP contribution is -2.29. The number of anilines is 9. The van der Waals surface area contributed by atoms with Gasteiger partial charge in [0.15, 0.2) is 0 Å². The number of benzene rings is 1. The van der Waals surface area contributed by atoms with Gasteiger partial charge in [0.05, 0.1) is 0 Å². The van der Waals surface area contributed by atoms with E-state index in [-0.39, 0.29) is 17.8 Å². The van der Waals surface area contributed by atoms with E-state index < -0.39 is 0 Å². The summed E-state index contributed by atoms with van der Waals surface area (Å²) in [7, 11) is 0. The van der Waals surface area contributed by atoms with Gasteiger partial charge in [0.1, 0.15) is 0 Å². The first-order valence-corrected chi connectivity index (χ1v) is 43.3. The number of hydrogen-bond acceptors (Lipinski definition) is 18. The number of hydrogen-bond donors (Lipinski definition) is 6. The van der Waals surface area contributed by atoms with Gasteiger partial charge in [-0.2, -0.15) is 44.9 Å². The summed E-state index contributed by atoms with van der Waals surface area (Å²) in [5.74, 6) is 4.14. The maximum absolute atomic E-state index is 6.69. The lowest BCUT2D eigenvalue weighted by atomic mass is 10.0. The average molecular weight is 1420 g/mol. The molecule has 0 spiro atoms. The van der Waals surface area contributed by atoms with Gasteiger partial charge < -0.3 is 47.9 Å². The van der Waals surface area contributed by atoms with Crippen molar-refractivity contribution in [2.24, 2.45) is 0 Å². The molecule has 18 nitrogen and oxygen atoms in total. The molecule has 3 heterocycles. The number of aromatic nitrogens is 9. The van der Waals surface area contributed by atoms with Gasteiger partial charge in [-0.15, -0.1) is 0 Å². The van der Waals surface area contributed by atoms with Crippen molar-refractivity contribution in [1.29, 1.82) is 0 Å². The van der Waals surface area contributed by atoms with Crippen molar-refractivity contribution in [2.45, 2.75) is 408 Å². The minimum atomic E-state index is 0.234. The Balaban J connectivity index is 1.79. The van der Waals surface area contributed by atoms with Crippen molar-refractivity contribution >= 4 is 53.5 Å². The smallest absolute Gasteiger partial charge is 0.232 e. The Morgan fingerprint density at radius 3 is 0.598 bits per heavy atom. The van der Waals surface area contributed by atoms with Crippen LogP contribution in [0, 0.1) is 0 Å². The minimum absolute atomic E-state index is 0.234. The van der Waals surface area contributed by atoms with Crippen LogP contribution in [0.4, 0.5) is 53.5 Å². The second-order valence-corrected chi connectivity index (χ2v) is 30.1. The predicted molar refractivity (Wildman–Crippen MR) is 441 cm³/mol. The second kappa shape index (κ2) is 61.7. The van der Waals surface area contributed by atoms with E-state index in [4.69, 9.17) is 47.1 Å². The molecule has 4 rings (SSSR count). The van der Waals surface area contributed by atoms with Gasteiger partial charge in [0.2, 0.25) is 53.5 Å². The molecule has 0 saturated carbocycles. The molecule has 1 aromatic carbocycles. The van der Waals surface area contributed by atoms with Gasteiger partial charge in [-0.05, 0) is 55.2 Å². The van der Waals surface area contributed by atoms with Crippen molar-refractivity contribution in [3.05, 3.63) is 34.9 Å². The van der Waals surface area contributed by atoms with Crippen LogP contribution >= 0.6 is 0 Å². The minimum Gasteiger partial charge on any atom is -0.368 e. The molecule has 3 aromatic heterocycles. The van der Waals surface area contributed by atoms with Gasteiger partial charge in [-0.25, -0.2) is 0 Å². The fraction of sp³-hybridized carbons (Fsp3) is 0.821. The molecule has 0 aliphatic rings. The second-order valence-electron chi connectivity index (χ2n) is 30.1. The van der Waals surface area contributed by atoms with E-state index in [2.05, 4.69) is 105 Å². The van der Waals surface area contributed by atoms with Crippen LogP contribution in [-0.2, 0) is 19.6 Å². The van der Waals surface area contributed by atoms with E-state index in [0.29, 0.717) is 55.3 Å². The highest BCUT2D eigenvalue weighted by Gasteiger charge is 2.21. The monoisotopic (exact) mass is 1420 g/mol.